The molecule has 5 rings (SSSR count). The standard InChI is InChI=1S/C20H28N2O3S/c1-25-19-7-6-14(9-18(19)21)26(23,24)22-8-4-2-3-5-13(12-22)15-10-16-17-11-20(15,16)17/h6-7,9,13,15-17H,2-5,8,10-12,21H2,1H3. The first-order valence-corrected chi connectivity index (χ1v) is 11.4. The van der Waals surface area contributed by atoms with Crippen LogP contribution in [0.2, 0.25) is 0 Å². The van der Waals surface area contributed by atoms with Crippen LogP contribution in [0.5, 0.6) is 5.75 Å². The van der Waals surface area contributed by atoms with E-state index in [0.29, 0.717) is 35.9 Å². The first-order valence-electron chi connectivity index (χ1n) is 9.92. The zero-order chi connectivity index (χ0) is 18.1. The maximum absolute atomic E-state index is 13.3. The molecule has 1 aromatic carbocycles. The van der Waals surface area contributed by atoms with Crippen molar-refractivity contribution in [3.8, 4) is 5.75 Å². The van der Waals surface area contributed by atoms with Gasteiger partial charge in [0.2, 0.25) is 10.0 Å². The molecule has 1 saturated heterocycles. The highest BCUT2D eigenvalue weighted by Gasteiger charge is 2.87. The predicted molar refractivity (Wildman–Crippen MR) is 100 cm³/mol. The van der Waals surface area contributed by atoms with Crippen molar-refractivity contribution in [1.29, 1.82) is 0 Å². The summed E-state index contributed by atoms with van der Waals surface area (Å²) in [5.41, 5.74) is 7.00. The van der Waals surface area contributed by atoms with Gasteiger partial charge in [-0.15, -0.1) is 0 Å². The Balaban J connectivity index is 1.39. The van der Waals surface area contributed by atoms with Crippen LogP contribution in [0.15, 0.2) is 23.1 Å². The van der Waals surface area contributed by atoms with Crippen LogP contribution >= 0.6 is 0 Å². The molecule has 6 heteroatoms. The molecule has 3 aliphatic carbocycles. The highest BCUT2D eigenvalue weighted by atomic mass is 32.2. The number of hydrogen-bond donors (Lipinski definition) is 1. The Hall–Kier alpha value is -1.27. The van der Waals surface area contributed by atoms with Gasteiger partial charge in [-0.2, -0.15) is 4.31 Å². The zero-order valence-electron chi connectivity index (χ0n) is 15.4. The molecule has 5 nitrogen and oxygen atoms in total. The van der Waals surface area contributed by atoms with Gasteiger partial charge in [0.15, 0.2) is 0 Å². The van der Waals surface area contributed by atoms with Gasteiger partial charge in [0.1, 0.15) is 5.75 Å². The molecule has 5 unspecified atom stereocenters. The van der Waals surface area contributed by atoms with E-state index >= 15 is 0 Å². The summed E-state index contributed by atoms with van der Waals surface area (Å²) in [7, 11) is -1.97. The molecule has 2 N–H and O–H groups in total. The van der Waals surface area contributed by atoms with Gasteiger partial charge >= 0.3 is 0 Å². The lowest BCUT2D eigenvalue weighted by Gasteiger charge is -2.42. The number of nitrogens with two attached hydrogens (primary N) is 1. The number of nitrogens with zero attached hydrogens (tertiary/aromatic N) is 1. The van der Waals surface area contributed by atoms with E-state index in [1.807, 2.05) is 0 Å². The summed E-state index contributed by atoms with van der Waals surface area (Å²) in [6, 6.07) is 4.81. The number of hydrogen-bond acceptors (Lipinski definition) is 4. The Kier molecular flexibility index (Phi) is 3.64. The van der Waals surface area contributed by atoms with E-state index in [2.05, 4.69) is 0 Å². The number of nitrogen functional groups attached to an aromatic ring is 1. The molecule has 0 bridgehead atoms. The molecule has 4 fully saturated rings. The van der Waals surface area contributed by atoms with Crippen LogP contribution in [0.3, 0.4) is 0 Å². The summed E-state index contributed by atoms with van der Waals surface area (Å²) in [5.74, 6) is 3.83. The molecule has 0 aromatic heterocycles. The van der Waals surface area contributed by atoms with Crippen molar-refractivity contribution in [3.63, 3.8) is 0 Å². The van der Waals surface area contributed by atoms with Gasteiger partial charge in [-0.3, -0.25) is 0 Å². The maximum atomic E-state index is 13.3. The van der Waals surface area contributed by atoms with Crippen molar-refractivity contribution in [2.45, 2.75) is 43.4 Å². The molecule has 26 heavy (non-hydrogen) atoms. The molecule has 0 amide bonds. The van der Waals surface area contributed by atoms with Crippen LogP contribution in [0.4, 0.5) is 5.69 Å². The Morgan fingerprint density at radius 2 is 2.04 bits per heavy atom. The van der Waals surface area contributed by atoms with E-state index in [0.717, 1.165) is 30.6 Å². The Morgan fingerprint density at radius 1 is 1.19 bits per heavy atom. The lowest BCUT2D eigenvalue weighted by molar-refractivity contribution is 0.0799. The molecule has 1 aliphatic heterocycles. The minimum atomic E-state index is -3.51. The van der Waals surface area contributed by atoms with Gasteiger partial charge in [-0.05, 0) is 73.0 Å². The third kappa shape index (κ3) is 2.27. The van der Waals surface area contributed by atoms with Crippen LogP contribution in [-0.4, -0.2) is 32.9 Å². The number of ether oxygens (including phenoxy) is 1. The fourth-order valence-electron chi connectivity index (χ4n) is 6.02. The average Bonchev–Trinajstić information content (AvgIpc) is 3.44. The summed E-state index contributed by atoms with van der Waals surface area (Å²) in [6.45, 7) is 1.30. The number of anilines is 1. The van der Waals surface area contributed by atoms with Crippen molar-refractivity contribution in [2.24, 2.45) is 29.1 Å². The molecule has 1 aromatic rings. The van der Waals surface area contributed by atoms with Gasteiger partial charge in [0.05, 0.1) is 17.7 Å². The normalized spacial score (nSPS) is 39.0. The smallest absolute Gasteiger partial charge is 0.243 e. The number of fused-ring (bicyclic) bond motifs is 1. The van der Waals surface area contributed by atoms with Crippen LogP contribution in [-0.2, 0) is 10.0 Å². The molecular formula is C20H28N2O3S. The largest absolute Gasteiger partial charge is 0.495 e. The summed E-state index contributed by atoms with van der Waals surface area (Å²) in [4.78, 5) is 0.287. The van der Waals surface area contributed by atoms with Gasteiger partial charge in [0.25, 0.3) is 0 Å². The van der Waals surface area contributed by atoms with E-state index in [1.54, 1.807) is 16.4 Å². The minimum Gasteiger partial charge on any atom is -0.495 e. The van der Waals surface area contributed by atoms with Crippen molar-refractivity contribution >= 4 is 15.7 Å². The molecule has 4 aliphatic rings. The lowest BCUT2D eigenvalue weighted by atomic mass is 9.66. The Labute approximate surface area is 155 Å². The van der Waals surface area contributed by atoms with E-state index in [9.17, 15) is 8.42 Å². The average molecular weight is 377 g/mol. The molecule has 0 radical (unpaired) electrons. The second kappa shape index (κ2) is 5.61. The van der Waals surface area contributed by atoms with Gasteiger partial charge in [0, 0.05) is 13.1 Å². The second-order valence-corrected chi connectivity index (χ2v) is 10.7. The minimum absolute atomic E-state index is 0.287. The van der Waals surface area contributed by atoms with E-state index in [-0.39, 0.29) is 4.90 Å². The number of sulfonamides is 1. The van der Waals surface area contributed by atoms with Gasteiger partial charge in [-0.1, -0.05) is 12.8 Å². The topological polar surface area (TPSA) is 72.6 Å². The highest BCUT2D eigenvalue weighted by Crippen LogP contribution is 2.93. The lowest BCUT2D eigenvalue weighted by Crippen LogP contribution is -2.43. The molecule has 5 atom stereocenters. The van der Waals surface area contributed by atoms with Crippen LogP contribution in [0, 0.1) is 29.1 Å². The third-order valence-electron chi connectivity index (χ3n) is 7.70. The maximum Gasteiger partial charge on any atom is 0.243 e. The molecular weight excluding hydrogens is 348 g/mol. The summed E-state index contributed by atoms with van der Waals surface area (Å²) in [6.07, 6.45) is 7.26. The summed E-state index contributed by atoms with van der Waals surface area (Å²) in [5, 5.41) is 0. The van der Waals surface area contributed by atoms with E-state index in [4.69, 9.17) is 10.5 Å². The van der Waals surface area contributed by atoms with Crippen LogP contribution in [0.1, 0.15) is 38.5 Å². The summed E-state index contributed by atoms with van der Waals surface area (Å²) >= 11 is 0. The van der Waals surface area contributed by atoms with Crippen LogP contribution in [0.25, 0.3) is 0 Å². The summed E-state index contributed by atoms with van der Waals surface area (Å²) < 4.78 is 33.5. The zero-order valence-corrected chi connectivity index (χ0v) is 16.2. The first-order chi connectivity index (χ1) is 12.5. The third-order valence-corrected chi connectivity index (χ3v) is 9.56. The number of benzene rings is 1. The highest BCUT2D eigenvalue weighted by molar-refractivity contribution is 7.89. The molecule has 3 saturated carbocycles. The fraction of sp³-hybridized carbons (Fsp3) is 0.700. The monoisotopic (exact) mass is 376 g/mol. The number of rotatable bonds is 4. The molecule has 1 heterocycles. The quantitative estimate of drug-likeness (QED) is 0.820. The predicted octanol–water partition coefficient (Wildman–Crippen LogP) is 3.11. The van der Waals surface area contributed by atoms with Crippen LogP contribution < -0.4 is 10.5 Å². The van der Waals surface area contributed by atoms with Crippen molar-refractivity contribution < 1.29 is 13.2 Å². The second-order valence-electron chi connectivity index (χ2n) is 8.75. The SMILES string of the molecule is COc1ccc(S(=O)(=O)N2CCCCCC(C3CC4C5CC345)C2)cc1N. The first kappa shape index (κ1) is 16.9. The van der Waals surface area contributed by atoms with Crippen molar-refractivity contribution in [1.82, 2.24) is 4.31 Å². The van der Waals surface area contributed by atoms with Gasteiger partial charge < -0.3 is 10.5 Å². The van der Waals surface area contributed by atoms with Gasteiger partial charge in [-0.25, -0.2) is 8.42 Å². The van der Waals surface area contributed by atoms with Crippen molar-refractivity contribution in [3.05, 3.63) is 18.2 Å². The Bertz CT molecular complexity index is 833. The number of methoxy groups -OCH3 is 1. The Morgan fingerprint density at radius 3 is 2.65 bits per heavy atom. The molecule has 1 spiro atoms. The molecule has 142 valence electrons. The van der Waals surface area contributed by atoms with Crippen molar-refractivity contribution in [2.75, 3.05) is 25.9 Å². The fourth-order valence-corrected chi connectivity index (χ4v) is 7.59. The van der Waals surface area contributed by atoms with E-state index < -0.39 is 10.0 Å². The van der Waals surface area contributed by atoms with E-state index in [1.165, 1.54) is 38.9 Å².